The second kappa shape index (κ2) is 10.4. The van der Waals surface area contributed by atoms with E-state index >= 15 is 0 Å². The SMILES string of the molecule is COc1c(C(=O)Nc2cnoc2)nc(C(C)C(c2cc(F)cc(F)c2)c2ccccc2C#N)n(C)c1=O. The van der Waals surface area contributed by atoms with Crippen molar-refractivity contribution in [2.45, 2.75) is 18.8 Å². The first-order valence-electron chi connectivity index (χ1n) is 11.1. The van der Waals surface area contributed by atoms with Crippen molar-refractivity contribution in [3.63, 3.8) is 0 Å². The zero-order chi connectivity index (χ0) is 26.7. The monoisotopic (exact) mass is 505 g/mol. The minimum atomic E-state index is -0.804. The van der Waals surface area contributed by atoms with Crippen LogP contribution in [0, 0.1) is 23.0 Å². The number of hydrogen-bond acceptors (Lipinski definition) is 7. The van der Waals surface area contributed by atoms with Crippen LogP contribution in [0.15, 0.2) is 64.2 Å². The molecule has 0 fully saturated rings. The fourth-order valence-corrected chi connectivity index (χ4v) is 4.31. The summed E-state index contributed by atoms with van der Waals surface area (Å²) in [5, 5.41) is 15.8. The Labute approximate surface area is 209 Å². The second-order valence-corrected chi connectivity index (χ2v) is 8.25. The summed E-state index contributed by atoms with van der Waals surface area (Å²) in [6.07, 6.45) is 2.46. The van der Waals surface area contributed by atoms with Gasteiger partial charge in [0, 0.05) is 24.9 Å². The first kappa shape index (κ1) is 25.2. The molecular formula is C26H21F2N5O4. The van der Waals surface area contributed by atoms with E-state index in [1.165, 1.54) is 43.3 Å². The Morgan fingerprint density at radius 3 is 2.54 bits per heavy atom. The average Bonchev–Trinajstić information content (AvgIpc) is 3.38. The first-order chi connectivity index (χ1) is 17.7. The molecule has 0 radical (unpaired) electrons. The standard InChI is InChI=1S/C26H21F2N5O4/c1-14(21(16-8-17(27)10-18(28)9-16)20-7-5-4-6-15(20)11-29)24-32-22(23(36-3)26(35)33(24)2)25(34)31-19-12-30-37-13-19/h4-10,12-14,21H,1-3H3,(H,31,34). The molecule has 2 aromatic heterocycles. The van der Waals surface area contributed by atoms with Gasteiger partial charge in [-0.3, -0.25) is 14.2 Å². The number of nitrogens with one attached hydrogen (secondary N) is 1. The highest BCUT2D eigenvalue weighted by Crippen LogP contribution is 2.39. The van der Waals surface area contributed by atoms with E-state index in [0.717, 1.165) is 6.07 Å². The van der Waals surface area contributed by atoms with E-state index in [-0.39, 0.29) is 34.1 Å². The molecule has 2 heterocycles. The van der Waals surface area contributed by atoms with Crippen molar-refractivity contribution in [3.05, 3.63) is 105 Å². The van der Waals surface area contributed by atoms with E-state index < -0.39 is 34.9 Å². The number of benzene rings is 2. The number of carbonyl (C=O) groups is 1. The van der Waals surface area contributed by atoms with Crippen molar-refractivity contribution in [1.82, 2.24) is 14.7 Å². The summed E-state index contributed by atoms with van der Waals surface area (Å²) in [7, 11) is 2.68. The van der Waals surface area contributed by atoms with Crippen molar-refractivity contribution < 1.29 is 22.8 Å². The van der Waals surface area contributed by atoms with Crippen LogP contribution in [-0.4, -0.2) is 27.7 Å². The minimum absolute atomic E-state index is 0.128. The molecule has 0 bridgehead atoms. The molecule has 0 aliphatic carbocycles. The third-order valence-electron chi connectivity index (χ3n) is 5.96. The zero-order valence-electron chi connectivity index (χ0n) is 20.0. The Bertz CT molecular complexity index is 1540. The molecule has 188 valence electrons. The second-order valence-electron chi connectivity index (χ2n) is 8.25. The van der Waals surface area contributed by atoms with Gasteiger partial charge in [0.05, 0.1) is 24.9 Å². The number of rotatable bonds is 7. The van der Waals surface area contributed by atoms with E-state index in [4.69, 9.17) is 9.26 Å². The zero-order valence-corrected chi connectivity index (χ0v) is 20.0. The van der Waals surface area contributed by atoms with Gasteiger partial charge in [-0.05, 0) is 29.3 Å². The van der Waals surface area contributed by atoms with Crippen LogP contribution in [0.1, 0.15) is 51.8 Å². The number of nitrogens with zero attached hydrogens (tertiary/aromatic N) is 4. The van der Waals surface area contributed by atoms with Gasteiger partial charge < -0.3 is 14.6 Å². The molecule has 0 aliphatic rings. The van der Waals surface area contributed by atoms with Crippen molar-refractivity contribution in [2.75, 3.05) is 12.4 Å². The molecule has 4 rings (SSSR count). The Morgan fingerprint density at radius 1 is 1.22 bits per heavy atom. The number of aromatic nitrogens is 3. The quantitative estimate of drug-likeness (QED) is 0.401. The van der Waals surface area contributed by atoms with Crippen LogP contribution < -0.4 is 15.6 Å². The van der Waals surface area contributed by atoms with E-state index in [0.29, 0.717) is 5.56 Å². The predicted molar refractivity (Wildman–Crippen MR) is 128 cm³/mol. The summed E-state index contributed by atoms with van der Waals surface area (Å²) >= 11 is 0. The van der Waals surface area contributed by atoms with Crippen LogP contribution in [0.2, 0.25) is 0 Å². The van der Waals surface area contributed by atoms with Gasteiger partial charge in [0.15, 0.2) is 5.69 Å². The molecule has 0 saturated carbocycles. The molecule has 11 heteroatoms. The predicted octanol–water partition coefficient (Wildman–Crippen LogP) is 4.11. The molecule has 0 saturated heterocycles. The Kier molecular flexibility index (Phi) is 7.11. The van der Waals surface area contributed by atoms with E-state index in [9.17, 15) is 23.6 Å². The van der Waals surface area contributed by atoms with Gasteiger partial charge >= 0.3 is 0 Å². The highest BCUT2D eigenvalue weighted by molar-refractivity contribution is 6.04. The minimum Gasteiger partial charge on any atom is -0.489 e. The number of anilines is 1. The number of halogens is 2. The van der Waals surface area contributed by atoms with Gasteiger partial charge in [0.1, 0.15) is 29.4 Å². The fraction of sp³-hybridized carbons (Fsp3) is 0.192. The number of carbonyl (C=O) groups excluding carboxylic acids is 1. The first-order valence-corrected chi connectivity index (χ1v) is 11.1. The Balaban J connectivity index is 1.92. The molecule has 1 amide bonds. The van der Waals surface area contributed by atoms with Crippen LogP contribution in [0.4, 0.5) is 14.5 Å². The molecule has 2 atom stereocenters. The van der Waals surface area contributed by atoms with Gasteiger partial charge in [0.2, 0.25) is 5.75 Å². The summed E-state index contributed by atoms with van der Waals surface area (Å²) in [6, 6.07) is 11.8. The van der Waals surface area contributed by atoms with Crippen LogP contribution >= 0.6 is 0 Å². The maximum atomic E-state index is 14.3. The van der Waals surface area contributed by atoms with Gasteiger partial charge in [-0.25, -0.2) is 13.8 Å². The average molecular weight is 505 g/mol. The molecule has 2 unspecified atom stereocenters. The maximum absolute atomic E-state index is 14.3. The van der Waals surface area contributed by atoms with Crippen molar-refractivity contribution >= 4 is 11.6 Å². The molecule has 0 aliphatic heterocycles. The molecule has 0 spiro atoms. The largest absolute Gasteiger partial charge is 0.489 e. The Hall–Kier alpha value is -4.85. The van der Waals surface area contributed by atoms with E-state index in [2.05, 4.69) is 21.5 Å². The Morgan fingerprint density at radius 2 is 1.92 bits per heavy atom. The lowest BCUT2D eigenvalue weighted by Crippen LogP contribution is -2.31. The summed E-state index contributed by atoms with van der Waals surface area (Å²) < 4.78 is 39.7. The van der Waals surface area contributed by atoms with Crippen LogP contribution in [0.5, 0.6) is 5.75 Å². The van der Waals surface area contributed by atoms with Crippen LogP contribution in [-0.2, 0) is 7.05 Å². The highest BCUT2D eigenvalue weighted by atomic mass is 19.1. The number of amides is 1. The van der Waals surface area contributed by atoms with Gasteiger partial charge in [-0.15, -0.1) is 0 Å². The maximum Gasteiger partial charge on any atom is 0.296 e. The van der Waals surface area contributed by atoms with Crippen molar-refractivity contribution in [2.24, 2.45) is 7.05 Å². The molecule has 9 nitrogen and oxygen atoms in total. The van der Waals surface area contributed by atoms with Gasteiger partial charge in [-0.1, -0.05) is 30.3 Å². The summed E-state index contributed by atoms with van der Waals surface area (Å²) in [5.41, 5.74) is 0.281. The van der Waals surface area contributed by atoms with E-state index in [1.807, 2.05) is 0 Å². The molecule has 2 aromatic carbocycles. The molecule has 37 heavy (non-hydrogen) atoms. The normalized spacial score (nSPS) is 12.4. The third kappa shape index (κ3) is 4.95. The van der Waals surface area contributed by atoms with Crippen LogP contribution in [0.3, 0.4) is 0 Å². The molecule has 1 N–H and O–H groups in total. The van der Waals surface area contributed by atoms with Crippen LogP contribution in [0.25, 0.3) is 0 Å². The molecule has 4 aromatic rings. The van der Waals surface area contributed by atoms with Gasteiger partial charge in [0.25, 0.3) is 11.5 Å². The number of nitriles is 1. The summed E-state index contributed by atoms with van der Waals surface area (Å²) in [5.74, 6) is -4.05. The summed E-state index contributed by atoms with van der Waals surface area (Å²) in [4.78, 5) is 30.7. The van der Waals surface area contributed by atoms with Crippen molar-refractivity contribution in [3.8, 4) is 11.8 Å². The number of methoxy groups -OCH3 is 1. The molecular weight excluding hydrogens is 484 g/mol. The lowest BCUT2D eigenvalue weighted by atomic mass is 9.79. The highest BCUT2D eigenvalue weighted by Gasteiger charge is 2.31. The lowest BCUT2D eigenvalue weighted by Gasteiger charge is -2.27. The fourth-order valence-electron chi connectivity index (χ4n) is 4.31. The lowest BCUT2D eigenvalue weighted by molar-refractivity contribution is 0.101. The smallest absolute Gasteiger partial charge is 0.296 e. The van der Waals surface area contributed by atoms with E-state index in [1.54, 1.807) is 31.2 Å². The summed E-state index contributed by atoms with van der Waals surface area (Å²) in [6.45, 7) is 1.69. The van der Waals surface area contributed by atoms with Crippen molar-refractivity contribution in [1.29, 1.82) is 5.26 Å². The number of ether oxygens (including phenoxy) is 1. The number of hydrogen-bond donors (Lipinski definition) is 1. The third-order valence-corrected chi connectivity index (χ3v) is 5.96. The van der Waals surface area contributed by atoms with Gasteiger partial charge in [-0.2, -0.15) is 5.26 Å². The topological polar surface area (TPSA) is 123 Å².